The van der Waals surface area contributed by atoms with Gasteiger partial charge in [-0.15, -0.1) is 0 Å². The lowest BCUT2D eigenvalue weighted by Gasteiger charge is -2.08. The largest absolute Gasteiger partial charge is 0.385 e. The first-order valence-corrected chi connectivity index (χ1v) is 8.76. The van der Waals surface area contributed by atoms with Gasteiger partial charge >= 0.3 is 0 Å². The lowest BCUT2D eigenvalue weighted by molar-refractivity contribution is 0.102. The summed E-state index contributed by atoms with van der Waals surface area (Å²) in [4.78, 5) is 16.8. The Morgan fingerprint density at radius 2 is 1.80 bits per heavy atom. The molecule has 3 aromatic rings. The summed E-state index contributed by atoms with van der Waals surface area (Å²) in [5, 5.41) is 7.29. The molecule has 0 radical (unpaired) electrons. The molecule has 0 saturated heterocycles. The third kappa shape index (κ3) is 4.57. The lowest BCUT2D eigenvalue weighted by Crippen LogP contribution is -2.12. The van der Waals surface area contributed by atoms with E-state index in [0.717, 1.165) is 29.6 Å². The smallest absolute Gasteiger partial charge is 0.255 e. The average molecular weight is 333 g/mol. The maximum absolute atomic E-state index is 12.4. The monoisotopic (exact) mass is 333 g/mol. The van der Waals surface area contributed by atoms with Crippen LogP contribution < -0.4 is 10.6 Å². The van der Waals surface area contributed by atoms with Gasteiger partial charge in [-0.25, -0.2) is 0 Å². The van der Waals surface area contributed by atoms with Crippen molar-refractivity contribution in [1.82, 2.24) is 4.98 Å². The van der Waals surface area contributed by atoms with Crippen molar-refractivity contribution in [2.24, 2.45) is 0 Å². The van der Waals surface area contributed by atoms with Gasteiger partial charge in [0.05, 0.1) is 17.4 Å². The van der Waals surface area contributed by atoms with Crippen LogP contribution in [0.5, 0.6) is 0 Å². The number of para-hydroxylation sites is 1. The maximum atomic E-state index is 12.4. The molecule has 2 aromatic carbocycles. The molecular weight excluding hydrogens is 310 g/mol. The predicted molar refractivity (Wildman–Crippen MR) is 104 cm³/mol. The molecule has 1 aromatic heterocycles. The van der Waals surface area contributed by atoms with Gasteiger partial charge < -0.3 is 10.6 Å². The lowest BCUT2D eigenvalue weighted by atomic mass is 10.1. The molecule has 0 aliphatic carbocycles. The highest BCUT2D eigenvalue weighted by Crippen LogP contribution is 2.17. The van der Waals surface area contributed by atoms with Crippen molar-refractivity contribution < 1.29 is 4.79 Å². The number of anilines is 2. The Hall–Kier alpha value is -2.88. The van der Waals surface area contributed by atoms with Crippen molar-refractivity contribution >= 4 is 28.2 Å². The number of hydrogen-bond donors (Lipinski definition) is 2. The molecule has 0 aliphatic rings. The van der Waals surface area contributed by atoms with E-state index in [9.17, 15) is 4.79 Å². The van der Waals surface area contributed by atoms with Crippen LogP contribution in [-0.2, 0) is 0 Å². The van der Waals surface area contributed by atoms with Crippen LogP contribution in [0, 0.1) is 0 Å². The van der Waals surface area contributed by atoms with Gasteiger partial charge in [0.15, 0.2) is 0 Å². The number of carbonyl (C=O) groups is 1. The average Bonchev–Trinajstić information content (AvgIpc) is 2.65. The van der Waals surface area contributed by atoms with Crippen molar-refractivity contribution in [3.05, 3.63) is 66.4 Å². The second kappa shape index (κ2) is 8.29. The summed E-state index contributed by atoms with van der Waals surface area (Å²) in [6.45, 7) is 3.15. The molecular formula is C21H23N3O. The molecule has 0 unspecified atom stereocenters. The second-order valence-electron chi connectivity index (χ2n) is 6.08. The first-order chi connectivity index (χ1) is 12.3. The van der Waals surface area contributed by atoms with Crippen molar-refractivity contribution in [3.63, 3.8) is 0 Å². The topological polar surface area (TPSA) is 54.0 Å². The molecule has 0 bridgehead atoms. The number of pyridine rings is 1. The highest BCUT2D eigenvalue weighted by atomic mass is 16.1. The standard InChI is InChI=1S/C21H23N3O/c1-2-3-6-13-22-18-11-9-16(10-12-18)21(25)24-19-14-17-7-4-5-8-20(17)23-15-19/h4-5,7-12,14-15,22H,2-3,6,13H2,1H3,(H,24,25). The number of aromatic nitrogens is 1. The van der Waals surface area contributed by atoms with Crippen LogP contribution in [0.15, 0.2) is 60.8 Å². The van der Waals surface area contributed by atoms with Crippen LogP contribution in [0.4, 0.5) is 11.4 Å². The quantitative estimate of drug-likeness (QED) is 0.592. The SMILES string of the molecule is CCCCCNc1ccc(C(=O)Nc2cnc3ccccc3c2)cc1. The number of unbranched alkanes of at least 4 members (excludes halogenated alkanes) is 2. The van der Waals surface area contributed by atoms with Gasteiger partial charge in [-0.05, 0) is 42.8 Å². The van der Waals surface area contributed by atoms with Gasteiger partial charge in [-0.3, -0.25) is 9.78 Å². The van der Waals surface area contributed by atoms with Gasteiger partial charge in [0.2, 0.25) is 0 Å². The van der Waals surface area contributed by atoms with E-state index in [1.807, 2.05) is 54.6 Å². The van der Waals surface area contributed by atoms with Crippen LogP contribution in [0.2, 0.25) is 0 Å². The Balaban J connectivity index is 1.62. The summed E-state index contributed by atoms with van der Waals surface area (Å²) in [5.41, 5.74) is 3.29. The van der Waals surface area contributed by atoms with E-state index in [4.69, 9.17) is 0 Å². The molecule has 0 atom stereocenters. The highest BCUT2D eigenvalue weighted by Gasteiger charge is 2.07. The van der Waals surface area contributed by atoms with E-state index >= 15 is 0 Å². The molecule has 25 heavy (non-hydrogen) atoms. The molecule has 0 fully saturated rings. The van der Waals surface area contributed by atoms with Crippen LogP contribution >= 0.6 is 0 Å². The number of fused-ring (bicyclic) bond motifs is 1. The fourth-order valence-corrected chi connectivity index (χ4v) is 2.69. The van der Waals surface area contributed by atoms with E-state index in [1.165, 1.54) is 12.8 Å². The minimum absolute atomic E-state index is 0.130. The van der Waals surface area contributed by atoms with E-state index in [0.29, 0.717) is 11.3 Å². The number of hydrogen-bond acceptors (Lipinski definition) is 3. The zero-order valence-electron chi connectivity index (χ0n) is 14.5. The molecule has 4 nitrogen and oxygen atoms in total. The zero-order valence-corrected chi connectivity index (χ0v) is 14.5. The second-order valence-corrected chi connectivity index (χ2v) is 6.08. The van der Waals surface area contributed by atoms with Crippen molar-refractivity contribution in [2.75, 3.05) is 17.2 Å². The number of benzene rings is 2. The molecule has 1 heterocycles. The molecule has 1 amide bonds. The number of carbonyl (C=O) groups excluding carboxylic acids is 1. The minimum Gasteiger partial charge on any atom is -0.385 e. The Bertz CT molecular complexity index is 843. The minimum atomic E-state index is -0.130. The van der Waals surface area contributed by atoms with Crippen LogP contribution in [0.3, 0.4) is 0 Å². The Morgan fingerprint density at radius 3 is 2.60 bits per heavy atom. The van der Waals surface area contributed by atoms with Crippen LogP contribution in [0.25, 0.3) is 10.9 Å². The summed E-state index contributed by atoms with van der Waals surface area (Å²) < 4.78 is 0. The fraction of sp³-hybridized carbons (Fsp3) is 0.238. The van der Waals surface area contributed by atoms with Gasteiger partial charge in [0.25, 0.3) is 5.91 Å². The normalized spacial score (nSPS) is 10.6. The molecule has 0 spiro atoms. The van der Waals surface area contributed by atoms with Crippen molar-refractivity contribution in [1.29, 1.82) is 0 Å². The van der Waals surface area contributed by atoms with Crippen molar-refractivity contribution in [3.8, 4) is 0 Å². The fourth-order valence-electron chi connectivity index (χ4n) is 2.69. The molecule has 3 rings (SSSR count). The number of nitrogens with one attached hydrogen (secondary N) is 2. The Kier molecular flexibility index (Phi) is 5.62. The predicted octanol–water partition coefficient (Wildman–Crippen LogP) is 5.09. The zero-order chi connectivity index (χ0) is 17.5. The number of rotatable bonds is 7. The maximum Gasteiger partial charge on any atom is 0.255 e. The summed E-state index contributed by atoms with van der Waals surface area (Å²) in [6.07, 6.45) is 5.29. The van der Waals surface area contributed by atoms with Crippen LogP contribution in [0.1, 0.15) is 36.5 Å². The molecule has 0 saturated carbocycles. The number of nitrogens with zero attached hydrogens (tertiary/aromatic N) is 1. The molecule has 4 heteroatoms. The summed E-state index contributed by atoms with van der Waals surface area (Å²) in [6, 6.07) is 17.3. The molecule has 128 valence electrons. The molecule has 2 N–H and O–H groups in total. The van der Waals surface area contributed by atoms with E-state index in [2.05, 4.69) is 22.5 Å². The Morgan fingerprint density at radius 1 is 1.00 bits per heavy atom. The van der Waals surface area contributed by atoms with Gasteiger partial charge in [-0.1, -0.05) is 38.0 Å². The number of amides is 1. The van der Waals surface area contributed by atoms with Gasteiger partial charge in [0, 0.05) is 23.2 Å². The van der Waals surface area contributed by atoms with Gasteiger partial charge in [0.1, 0.15) is 0 Å². The van der Waals surface area contributed by atoms with E-state index in [-0.39, 0.29) is 5.91 Å². The third-order valence-corrected chi connectivity index (χ3v) is 4.10. The highest BCUT2D eigenvalue weighted by molar-refractivity contribution is 6.05. The summed E-state index contributed by atoms with van der Waals surface area (Å²) in [5.74, 6) is -0.130. The summed E-state index contributed by atoms with van der Waals surface area (Å²) in [7, 11) is 0. The van der Waals surface area contributed by atoms with Gasteiger partial charge in [-0.2, -0.15) is 0 Å². The molecule has 0 aliphatic heterocycles. The Labute approximate surface area is 148 Å². The first kappa shape index (κ1) is 17.0. The van der Waals surface area contributed by atoms with Crippen molar-refractivity contribution in [2.45, 2.75) is 26.2 Å². The van der Waals surface area contributed by atoms with Crippen LogP contribution in [-0.4, -0.2) is 17.4 Å². The van der Waals surface area contributed by atoms with E-state index in [1.54, 1.807) is 6.20 Å². The third-order valence-electron chi connectivity index (χ3n) is 4.10. The first-order valence-electron chi connectivity index (χ1n) is 8.76. The summed E-state index contributed by atoms with van der Waals surface area (Å²) >= 11 is 0. The van der Waals surface area contributed by atoms with E-state index < -0.39 is 0 Å².